The molecule has 0 atom stereocenters. The first kappa shape index (κ1) is 16.4. The number of nitrogen functional groups attached to an aromatic ring is 1. The maximum Gasteiger partial charge on any atom is 0.410 e. The minimum absolute atomic E-state index is 0. The summed E-state index contributed by atoms with van der Waals surface area (Å²) in [6.45, 7) is 6.97. The molecule has 20 heavy (non-hydrogen) atoms. The summed E-state index contributed by atoms with van der Waals surface area (Å²) in [4.78, 5) is 13.7. The molecule has 0 fully saturated rings. The number of carbonyl (C=O) groups excluding carboxylic acids is 1. The number of anilines is 1. The van der Waals surface area contributed by atoms with Gasteiger partial charge in [-0.15, -0.1) is 12.4 Å². The lowest BCUT2D eigenvalue weighted by molar-refractivity contribution is 0.0225. The molecule has 0 saturated heterocycles. The number of halogens is 1. The van der Waals surface area contributed by atoms with Gasteiger partial charge >= 0.3 is 6.09 Å². The highest BCUT2D eigenvalue weighted by Crippen LogP contribution is 2.26. The van der Waals surface area contributed by atoms with Gasteiger partial charge in [-0.25, -0.2) is 4.79 Å². The topological polar surface area (TPSA) is 64.8 Å². The van der Waals surface area contributed by atoms with Gasteiger partial charge in [0.25, 0.3) is 0 Å². The zero-order valence-electron chi connectivity index (χ0n) is 12.0. The van der Waals surface area contributed by atoms with Crippen LogP contribution in [0, 0.1) is 0 Å². The van der Waals surface area contributed by atoms with E-state index in [1.165, 1.54) is 0 Å². The fourth-order valence-corrected chi connectivity index (χ4v) is 1.90. The monoisotopic (exact) mass is 300 g/mol. The Labute approximate surface area is 125 Å². The van der Waals surface area contributed by atoms with Gasteiger partial charge in [0.1, 0.15) is 18.0 Å². The third-order valence-electron chi connectivity index (χ3n) is 2.72. The molecule has 1 aliphatic heterocycles. The number of benzene rings is 1. The molecule has 5 nitrogen and oxygen atoms in total. The molecule has 1 aromatic rings. The molecule has 1 aromatic carbocycles. The van der Waals surface area contributed by atoms with Crippen LogP contribution in [0.4, 0.5) is 10.5 Å². The zero-order valence-corrected chi connectivity index (χ0v) is 12.8. The maximum absolute atomic E-state index is 12.1. The minimum atomic E-state index is -0.497. The molecule has 1 amide bonds. The first-order valence-corrected chi connectivity index (χ1v) is 6.34. The largest absolute Gasteiger partial charge is 0.491 e. The lowest BCUT2D eigenvalue weighted by Gasteiger charge is -2.26. The lowest BCUT2D eigenvalue weighted by Crippen LogP contribution is -2.37. The van der Waals surface area contributed by atoms with Crippen molar-refractivity contribution in [2.24, 2.45) is 0 Å². The van der Waals surface area contributed by atoms with Gasteiger partial charge in [0.05, 0.1) is 13.1 Å². The van der Waals surface area contributed by atoms with E-state index in [9.17, 15) is 4.79 Å². The highest BCUT2D eigenvalue weighted by atomic mass is 35.5. The number of fused-ring (bicyclic) bond motifs is 1. The molecule has 1 aliphatic rings. The van der Waals surface area contributed by atoms with E-state index in [1.54, 1.807) is 11.0 Å². The third kappa shape index (κ3) is 4.20. The van der Waals surface area contributed by atoms with Crippen molar-refractivity contribution in [1.29, 1.82) is 0 Å². The van der Waals surface area contributed by atoms with Gasteiger partial charge in [0, 0.05) is 11.3 Å². The van der Waals surface area contributed by atoms with Crippen molar-refractivity contribution < 1.29 is 14.3 Å². The highest BCUT2D eigenvalue weighted by molar-refractivity contribution is 5.85. The van der Waals surface area contributed by atoms with Gasteiger partial charge in [-0.05, 0) is 39.0 Å². The third-order valence-corrected chi connectivity index (χ3v) is 2.72. The van der Waals surface area contributed by atoms with Crippen LogP contribution in [0.15, 0.2) is 18.2 Å². The summed E-state index contributed by atoms with van der Waals surface area (Å²) in [5.74, 6) is 0.778. The number of carbonyl (C=O) groups is 1. The number of amides is 1. The van der Waals surface area contributed by atoms with Crippen molar-refractivity contribution in [3.63, 3.8) is 0 Å². The fraction of sp³-hybridized carbons (Fsp3) is 0.500. The van der Waals surface area contributed by atoms with Crippen molar-refractivity contribution in [1.82, 2.24) is 4.90 Å². The first-order chi connectivity index (χ1) is 8.85. The van der Waals surface area contributed by atoms with Crippen molar-refractivity contribution in [2.75, 3.05) is 18.9 Å². The van der Waals surface area contributed by atoms with Crippen LogP contribution in [-0.2, 0) is 11.3 Å². The molecule has 112 valence electrons. The van der Waals surface area contributed by atoms with Gasteiger partial charge in [-0.3, -0.25) is 0 Å². The molecular formula is C14H21ClN2O3. The van der Waals surface area contributed by atoms with E-state index in [1.807, 2.05) is 32.9 Å². The van der Waals surface area contributed by atoms with Gasteiger partial charge in [-0.1, -0.05) is 0 Å². The number of ether oxygens (including phenoxy) is 2. The summed E-state index contributed by atoms with van der Waals surface area (Å²) in [6, 6.07) is 5.46. The van der Waals surface area contributed by atoms with Crippen molar-refractivity contribution >= 4 is 24.2 Å². The van der Waals surface area contributed by atoms with E-state index in [2.05, 4.69) is 0 Å². The summed E-state index contributed by atoms with van der Waals surface area (Å²) in [6.07, 6.45) is -0.327. The Morgan fingerprint density at radius 2 is 2.10 bits per heavy atom. The summed E-state index contributed by atoms with van der Waals surface area (Å²) in [7, 11) is 0. The van der Waals surface area contributed by atoms with Crippen molar-refractivity contribution in [3.05, 3.63) is 23.8 Å². The summed E-state index contributed by atoms with van der Waals surface area (Å²) >= 11 is 0. The highest BCUT2D eigenvalue weighted by Gasteiger charge is 2.25. The molecule has 0 radical (unpaired) electrons. The van der Waals surface area contributed by atoms with Crippen LogP contribution >= 0.6 is 12.4 Å². The number of nitrogens with zero attached hydrogens (tertiary/aromatic N) is 1. The van der Waals surface area contributed by atoms with Gasteiger partial charge < -0.3 is 20.1 Å². The van der Waals surface area contributed by atoms with Crippen LogP contribution in [0.25, 0.3) is 0 Å². The van der Waals surface area contributed by atoms with Crippen molar-refractivity contribution in [2.45, 2.75) is 32.9 Å². The lowest BCUT2D eigenvalue weighted by atomic mass is 10.1. The molecule has 6 heteroatoms. The second kappa shape index (κ2) is 6.22. The predicted molar refractivity (Wildman–Crippen MR) is 80.2 cm³/mol. The number of hydrogen-bond acceptors (Lipinski definition) is 4. The quantitative estimate of drug-likeness (QED) is 0.748. The maximum atomic E-state index is 12.1. The average molecular weight is 301 g/mol. The molecular weight excluding hydrogens is 280 g/mol. The predicted octanol–water partition coefficient (Wildman–Crippen LogP) is 2.82. The van der Waals surface area contributed by atoms with Gasteiger partial charge in [0.15, 0.2) is 0 Å². The smallest absolute Gasteiger partial charge is 0.410 e. The second-order valence-electron chi connectivity index (χ2n) is 5.62. The van der Waals surface area contributed by atoms with Crippen LogP contribution < -0.4 is 10.5 Å². The van der Waals surface area contributed by atoms with Gasteiger partial charge in [-0.2, -0.15) is 0 Å². The Morgan fingerprint density at radius 3 is 2.75 bits per heavy atom. The summed E-state index contributed by atoms with van der Waals surface area (Å²) in [5, 5.41) is 0. The molecule has 0 aromatic heterocycles. The molecule has 0 bridgehead atoms. The van der Waals surface area contributed by atoms with Crippen LogP contribution in [0.1, 0.15) is 26.3 Å². The van der Waals surface area contributed by atoms with E-state index >= 15 is 0 Å². The molecule has 0 unspecified atom stereocenters. The second-order valence-corrected chi connectivity index (χ2v) is 5.62. The molecule has 2 rings (SSSR count). The zero-order chi connectivity index (χ0) is 14.0. The average Bonchev–Trinajstić information content (AvgIpc) is 2.48. The SMILES string of the molecule is CC(C)(C)OC(=O)N1CCOc2ccc(N)cc2C1.Cl. The molecule has 2 N–H and O–H groups in total. The Balaban J connectivity index is 0.00000200. The molecule has 1 heterocycles. The van der Waals surface area contributed by atoms with E-state index in [4.69, 9.17) is 15.2 Å². The Hall–Kier alpha value is -1.62. The van der Waals surface area contributed by atoms with E-state index in [-0.39, 0.29) is 18.5 Å². The summed E-state index contributed by atoms with van der Waals surface area (Å²) in [5.41, 5.74) is 6.84. The van der Waals surface area contributed by atoms with E-state index in [0.717, 1.165) is 11.3 Å². The standard InChI is InChI=1S/C14H20N2O3.ClH/c1-14(2,3)19-13(17)16-6-7-18-12-5-4-11(15)8-10(12)9-16;/h4-5,8H,6-7,9,15H2,1-3H3;1H. The Morgan fingerprint density at radius 1 is 1.40 bits per heavy atom. The Kier molecular flexibility index (Phi) is 5.11. The number of nitrogens with two attached hydrogens (primary N) is 1. The van der Waals surface area contributed by atoms with E-state index < -0.39 is 5.60 Å². The fourth-order valence-electron chi connectivity index (χ4n) is 1.90. The number of rotatable bonds is 0. The first-order valence-electron chi connectivity index (χ1n) is 6.34. The van der Waals surface area contributed by atoms with Crippen LogP contribution in [0.2, 0.25) is 0 Å². The Bertz CT molecular complexity index is 486. The summed E-state index contributed by atoms with van der Waals surface area (Å²) < 4.78 is 11.0. The van der Waals surface area contributed by atoms with Crippen LogP contribution in [0.5, 0.6) is 5.75 Å². The van der Waals surface area contributed by atoms with Gasteiger partial charge in [0.2, 0.25) is 0 Å². The number of hydrogen-bond donors (Lipinski definition) is 1. The normalized spacial score (nSPS) is 14.4. The minimum Gasteiger partial charge on any atom is -0.491 e. The van der Waals surface area contributed by atoms with Crippen molar-refractivity contribution in [3.8, 4) is 5.75 Å². The molecule has 0 aliphatic carbocycles. The molecule has 0 saturated carbocycles. The molecule has 0 spiro atoms. The van der Waals surface area contributed by atoms with E-state index in [0.29, 0.717) is 25.4 Å². The van der Waals surface area contributed by atoms with Crippen LogP contribution in [-0.4, -0.2) is 29.7 Å². The van der Waals surface area contributed by atoms with Crippen LogP contribution in [0.3, 0.4) is 0 Å².